The summed E-state index contributed by atoms with van der Waals surface area (Å²) in [7, 11) is 0. The summed E-state index contributed by atoms with van der Waals surface area (Å²) >= 11 is 0. The van der Waals surface area contributed by atoms with Gasteiger partial charge in [0, 0.05) is 25.6 Å². The van der Waals surface area contributed by atoms with Crippen molar-refractivity contribution in [2.45, 2.75) is 37.7 Å². The second-order valence-corrected chi connectivity index (χ2v) is 10.8. The van der Waals surface area contributed by atoms with Crippen molar-refractivity contribution in [3.8, 4) is 5.75 Å². The lowest BCUT2D eigenvalue weighted by Crippen LogP contribution is -2.47. The quantitative estimate of drug-likeness (QED) is 0.348. The lowest BCUT2D eigenvalue weighted by molar-refractivity contribution is -0.0113. The SMILES string of the molecule is C=CC1(Oc2cc(C(=O)OCCN3CCOCC3)ccc2F)CC2CC1C1C3CCC(C3)C21. The van der Waals surface area contributed by atoms with Gasteiger partial charge in [0.05, 0.1) is 18.8 Å². The Balaban J connectivity index is 1.14. The highest BCUT2D eigenvalue weighted by Gasteiger charge is 2.67. The molecule has 1 aromatic rings. The highest BCUT2D eigenvalue weighted by molar-refractivity contribution is 5.89. The van der Waals surface area contributed by atoms with Gasteiger partial charge in [0.15, 0.2) is 11.6 Å². The highest BCUT2D eigenvalue weighted by Crippen LogP contribution is 2.70. The van der Waals surface area contributed by atoms with Crippen LogP contribution in [-0.4, -0.2) is 55.9 Å². The molecule has 5 fully saturated rings. The van der Waals surface area contributed by atoms with Gasteiger partial charge in [-0.2, -0.15) is 0 Å². The zero-order valence-corrected chi connectivity index (χ0v) is 19.2. The van der Waals surface area contributed by atoms with Crippen molar-refractivity contribution < 1.29 is 23.4 Å². The maximum atomic E-state index is 14.8. The second-order valence-electron chi connectivity index (χ2n) is 10.8. The standard InChI is InChI=1S/C27H34FNO4/c1-2-27(16-20-14-21(27)25-18-4-3-17(13-18)24(20)25)33-23-15-19(5-6-22(23)28)26(30)32-12-9-29-7-10-31-11-8-29/h2,5-6,15,17-18,20-21,24-25H,1,3-4,7-14,16H2. The van der Waals surface area contributed by atoms with E-state index in [1.165, 1.54) is 43.9 Å². The number of rotatable bonds is 7. The predicted molar refractivity (Wildman–Crippen MR) is 122 cm³/mol. The van der Waals surface area contributed by atoms with E-state index in [1.807, 2.05) is 6.08 Å². The molecule has 1 saturated heterocycles. The van der Waals surface area contributed by atoms with Crippen molar-refractivity contribution in [2.75, 3.05) is 39.5 Å². The molecule has 7 unspecified atom stereocenters. The molecule has 1 aromatic carbocycles. The second kappa shape index (κ2) is 8.38. The molecule has 0 amide bonds. The van der Waals surface area contributed by atoms with Crippen LogP contribution < -0.4 is 4.74 Å². The van der Waals surface area contributed by atoms with Crippen LogP contribution >= 0.6 is 0 Å². The van der Waals surface area contributed by atoms with Crippen LogP contribution in [0, 0.1) is 41.3 Å². The normalized spacial score (nSPS) is 38.9. The van der Waals surface area contributed by atoms with E-state index in [4.69, 9.17) is 14.2 Å². The van der Waals surface area contributed by atoms with E-state index >= 15 is 0 Å². The first kappa shape index (κ1) is 21.6. The maximum Gasteiger partial charge on any atom is 0.338 e. The van der Waals surface area contributed by atoms with Gasteiger partial charge in [0.25, 0.3) is 0 Å². The first-order chi connectivity index (χ1) is 16.1. The molecule has 0 radical (unpaired) electrons. The average molecular weight is 456 g/mol. The molecule has 5 aliphatic rings. The van der Waals surface area contributed by atoms with Gasteiger partial charge in [-0.15, -0.1) is 0 Å². The fourth-order valence-electron chi connectivity index (χ4n) is 8.11. The highest BCUT2D eigenvalue weighted by atomic mass is 19.1. The molecular formula is C27H34FNO4. The number of hydrogen-bond donors (Lipinski definition) is 0. The first-order valence-corrected chi connectivity index (χ1v) is 12.7. The summed E-state index contributed by atoms with van der Waals surface area (Å²) in [6.45, 7) is 8.22. The number of hydrogen-bond acceptors (Lipinski definition) is 5. The number of fused-ring (bicyclic) bond motifs is 9. The molecule has 4 aliphatic carbocycles. The van der Waals surface area contributed by atoms with Gasteiger partial charge < -0.3 is 14.2 Å². The van der Waals surface area contributed by atoms with Gasteiger partial charge in [-0.1, -0.05) is 6.58 Å². The Bertz CT molecular complexity index is 931. The van der Waals surface area contributed by atoms with Gasteiger partial charge in [-0.05, 0) is 86.0 Å². The molecule has 178 valence electrons. The third kappa shape index (κ3) is 3.61. The van der Waals surface area contributed by atoms with E-state index in [1.54, 1.807) is 0 Å². The molecule has 1 aliphatic heterocycles. The summed E-state index contributed by atoms with van der Waals surface area (Å²) in [5.41, 5.74) is -0.204. The molecule has 4 saturated carbocycles. The molecule has 7 atom stereocenters. The van der Waals surface area contributed by atoms with Gasteiger partial charge in [0.1, 0.15) is 12.2 Å². The summed E-state index contributed by atoms with van der Waals surface area (Å²) in [4.78, 5) is 14.8. The minimum absolute atomic E-state index is 0.143. The van der Waals surface area contributed by atoms with Crippen LogP contribution in [0.15, 0.2) is 30.9 Å². The van der Waals surface area contributed by atoms with Crippen molar-refractivity contribution in [2.24, 2.45) is 35.5 Å². The number of carbonyl (C=O) groups is 1. The Morgan fingerprint density at radius 1 is 1.18 bits per heavy atom. The molecule has 6 heteroatoms. The maximum absolute atomic E-state index is 14.8. The lowest BCUT2D eigenvalue weighted by Gasteiger charge is -2.45. The van der Waals surface area contributed by atoms with Gasteiger partial charge >= 0.3 is 5.97 Å². The molecule has 1 heterocycles. The lowest BCUT2D eigenvalue weighted by atomic mass is 9.65. The molecule has 0 spiro atoms. The summed E-state index contributed by atoms with van der Waals surface area (Å²) in [5, 5.41) is 0. The average Bonchev–Trinajstić information content (AvgIpc) is 3.61. The van der Waals surface area contributed by atoms with Crippen molar-refractivity contribution >= 4 is 5.97 Å². The Kier molecular flexibility index (Phi) is 5.49. The Labute approximate surface area is 195 Å². The number of halogens is 1. The first-order valence-electron chi connectivity index (χ1n) is 12.7. The Morgan fingerprint density at radius 2 is 1.97 bits per heavy atom. The zero-order valence-electron chi connectivity index (χ0n) is 19.2. The number of morpholine rings is 1. The Hall–Kier alpha value is -1.92. The third-order valence-electron chi connectivity index (χ3n) is 9.38. The van der Waals surface area contributed by atoms with Gasteiger partial charge in [-0.3, -0.25) is 4.90 Å². The molecule has 5 nitrogen and oxygen atoms in total. The zero-order chi connectivity index (χ0) is 22.6. The number of esters is 1. The van der Waals surface area contributed by atoms with Crippen molar-refractivity contribution in [3.05, 3.63) is 42.2 Å². The summed E-state index contributed by atoms with van der Waals surface area (Å²) in [6.07, 6.45) is 8.10. The summed E-state index contributed by atoms with van der Waals surface area (Å²) in [6, 6.07) is 4.31. The number of ether oxygens (including phenoxy) is 3. The third-order valence-corrected chi connectivity index (χ3v) is 9.38. The topological polar surface area (TPSA) is 48.0 Å². The molecule has 6 rings (SSSR count). The largest absolute Gasteiger partial charge is 0.480 e. The number of nitrogens with zero attached hydrogens (tertiary/aromatic N) is 1. The van der Waals surface area contributed by atoms with E-state index in [2.05, 4.69) is 11.5 Å². The van der Waals surface area contributed by atoms with Crippen LogP contribution in [0.1, 0.15) is 42.5 Å². The predicted octanol–water partition coefficient (Wildman–Crippen LogP) is 4.32. The smallest absolute Gasteiger partial charge is 0.338 e. The van der Waals surface area contributed by atoms with Crippen molar-refractivity contribution in [3.63, 3.8) is 0 Å². The minimum Gasteiger partial charge on any atom is -0.480 e. The molecule has 4 bridgehead atoms. The van der Waals surface area contributed by atoms with E-state index in [9.17, 15) is 9.18 Å². The number of carbonyl (C=O) groups excluding carboxylic acids is 1. The fourth-order valence-corrected chi connectivity index (χ4v) is 8.11. The van der Waals surface area contributed by atoms with Crippen LogP contribution in [-0.2, 0) is 9.47 Å². The van der Waals surface area contributed by atoms with Crippen molar-refractivity contribution in [1.82, 2.24) is 4.90 Å². The van der Waals surface area contributed by atoms with E-state index in [-0.39, 0.29) is 5.75 Å². The van der Waals surface area contributed by atoms with Crippen LogP contribution in [0.3, 0.4) is 0 Å². The van der Waals surface area contributed by atoms with E-state index in [0.717, 1.165) is 37.3 Å². The molecular weight excluding hydrogens is 421 g/mol. The van der Waals surface area contributed by atoms with Crippen LogP contribution in [0.5, 0.6) is 5.75 Å². The van der Waals surface area contributed by atoms with E-state index < -0.39 is 17.4 Å². The molecule has 33 heavy (non-hydrogen) atoms. The number of benzene rings is 1. The van der Waals surface area contributed by atoms with Crippen molar-refractivity contribution in [1.29, 1.82) is 0 Å². The fraction of sp³-hybridized carbons (Fsp3) is 0.667. The molecule has 0 aromatic heterocycles. The minimum atomic E-state index is -0.532. The molecule has 0 N–H and O–H groups in total. The monoisotopic (exact) mass is 455 g/mol. The van der Waals surface area contributed by atoms with Crippen LogP contribution in [0.4, 0.5) is 4.39 Å². The van der Waals surface area contributed by atoms with E-state index in [0.29, 0.717) is 49.7 Å². The van der Waals surface area contributed by atoms with Crippen LogP contribution in [0.2, 0.25) is 0 Å². The van der Waals surface area contributed by atoms with Crippen LogP contribution in [0.25, 0.3) is 0 Å². The van der Waals surface area contributed by atoms with Gasteiger partial charge in [-0.25, -0.2) is 9.18 Å². The summed E-state index contributed by atoms with van der Waals surface area (Å²) < 4.78 is 32.1. The summed E-state index contributed by atoms with van der Waals surface area (Å²) in [5.74, 6) is 3.55. The van der Waals surface area contributed by atoms with Gasteiger partial charge in [0.2, 0.25) is 0 Å². The Morgan fingerprint density at radius 3 is 2.76 bits per heavy atom.